The van der Waals surface area contributed by atoms with Crippen LogP contribution in [-0.4, -0.2) is 60.8 Å². The molecule has 5 N–H and O–H groups in total. The maximum atomic E-state index is 12.7. The summed E-state index contributed by atoms with van der Waals surface area (Å²) in [5.41, 5.74) is -4.86. The van der Waals surface area contributed by atoms with Gasteiger partial charge in [0.1, 0.15) is 11.2 Å². The van der Waals surface area contributed by atoms with Gasteiger partial charge in [-0.15, -0.1) is 0 Å². The molecule has 0 aromatic rings. The second kappa shape index (κ2) is 4.86. The first-order valence-electron chi connectivity index (χ1n) is 9.31. The minimum Gasteiger partial charge on any atom is -0.392 e. The standard InChI is InChI=1S/C20H28O6/c1-9-5-13-18(24,15(9)22)7-11(8-21)6-12-14-17(3,4)20(14,26)16(23)10(2)19(12,13)25/h5-6,9-10,12,14,16,21,23-26H,7-8H2,1-4H3/t9?,10-,12+,14-,16-,18-,19-,20-/m1/s1. The highest BCUT2D eigenvalue weighted by atomic mass is 16.4. The Balaban J connectivity index is 1.97. The van der Waals surface area contributed by atoms with Crippen LogP contribution in [0.25, 0.3) is 0 Å². The van der Waals surface area contributed by atoms with Crippen molar-refractivity contribution in [2.45, 2.75) is 57.0 Å². The number of fused-ring (bicyclic) bond motifs is 5. The Kier molecular flexibility index (Phi) is 3.42. The maximum Gasteiger partial charge on any atom is 0.175 e. The summed E-state index contributed by atoms with van der Waals surface area (Å²) in [6, 6.07) is 0. The van der Waals surface area contributed by atoms with Crippen LogP contribution in [0, 0.1) is 29.1 Å². The summed E-state index contributed by atoms with van der Waals surface area (Å²) in [7, 11) is 0. The lowest BCUT2D eigenvalue weighted by atomic mass is 9.61. The summed E-state index contributed by atoms with van der Waals surface area (Å²) in [6.45, 7) is 6.67. The van der Waals surface area contributed by atoms with Crippen LogP contribution in [0.3, 0.4) is 0 Å². The summed E-state index contributed by atoms with van der Waals surface area (Å²) in [5, 5.41) is 54.9. The highest BCUT2D eigenvalue weighted by molar-refractivity contribution is 5.98. The topological polar surface area (TPSA) is 118 Å². The number of ketones is 1. The molecule has 2 fully saturated rings. The molecule has 0 spiro atoms. The zero-order valence-corrected chi connectivity index (χ0v) is 15.6. The lowest BCUT2D eigenvalue weighted by Gasteiger charge is -2.49. The Morgan fingerprint density at radius 3 is 2.35 bits per heavy atom. The number of hydrogen-bond acceptors (Lipinski definition) is 6. The molecule has 8 atom stereocenters. The van der Waals surface area contributed by atoms with Crippen LogP contribution in [0.4, 0.5) is 0 Å². The molecule has 0 bridgehead atoms. The lowest BCUT2D eigenvalue weighted by Crippen LogP contribution is -2.61. The van der Waals surface area contributed by atoms with E-state index >= 15 is 0 Å². The van der Waals surface area contributed by atoms with E-state index in [2.05, 4.69) is 0 Å². The van der Waals surface area contributed by atoms with Gasteiger partial charge < -0.3 is 25.5 Å². The molecule has 1 unspecified atom stereocenters. The van der Waals surface area contributed by atoms with E-state index in [0.717, 1.165) is 0 Å². The molecule has 6 heteroatoms. The predicted octanol–water partition coefficient (Wildman–Crippen LogP) is -0.0699. The van der Waals surface area contributed by atoms with Gasteiger partial charge in [-0.25, -0.2) is 0 Å². The summed E-state index contributed by atoms with van der Waals surface area (Å²) in [4.78, 5) is 12.7. The second-order valence-corrected chi connectivity index (χ2v) is 9.36. The number of aliphatic hydroxyl groups is 5. The fourth-order valence-corrected chi connectivity index (χ4v) is 6.30. The van der Waals surface area contributed by atoms with Crippen LogP contribution in [0.2, 0.25) is 0 Å². The van der Waals surface area contributed by atoms with Crippen molar-refractivity contribution in [1.82, 2.24) is 0 Å². The molecule has 0 saturated heterocycles. The lowest BCUT2D eigenvalue weighted by molar-refractivity contribution is -0.165. The van der Waals surface area contributed by atoms with Crippen molar-refractivity contribution in [2.75, 3.05) is 6.61 Å². The van der Waals surface area contributed by atoms with E-state index in [9.17, 15) is 30.3 Å². The fourth-order valence-electron chi connectivity index (χ4n) is 6.30. The highest BCUT2D eigenvalue weighted by Crippen LogP contribution is 2.74. The summed E-state index contributed by atoms with van der Waals surface area (Å²) in [6.07, 6.45) is 2.05. The zero-order valence-electron chi connectivity index (χ0n) is 15.6. The Labute approximate surface area is 152 Å². The van der Waals surface area contributed by atoms with Gasteiger partial charge in [0.2, 0.25) is 0 Å². The van der Waals surface area contributed by atoms with E-state index in [1.807, 2.05) is 13.8 Å². The van der Waals surface area contributed by atoms with Crippen LogP contribution >= 0.6 is 0 Å². The molecular formula is C20H28O6. The van der Waals surface area contributed by atoms with Gasteiger partial charge in [-0.1, -0.05) is 39.8 Å². The van der Waals surface area contributed by atoms with Gasteiger partial charge in [0.05, 0.1) is 12.7 Å². The predicted molar refractivity (Wildman–Crippen MR) is 92.8 cm³/mol. The molecule has 4 aliphatic rings. The smallest absolute Gasteiger partial charge is 0.175 e. The third-order valence-electron chi connectivity index (χ3n) is 7.90. The summed E-state index contributed by atoms with van der Waals surface area (Å²) in [5.74, 6) is -2.81. The SMILES string of the molecule is CC1C=C2[C@](O)(CC(CO)=C[C@H]3[C@@H]4C(C)(C)[C@]4(O)[C@H](O)[C@@H](C)[C@]23O)C1=O. The number of carbonyl (C=O) groups excluding carboxylic acids is 1. The van der Waals surface area contributed by atoms with Crippen LogP contribution in [0.15, 0.2) is 23.3 Å². The third kappa shape index (κ3) is 1.69. The Morgan fingerprint density at radius 2 is 1.77 bits per heavy atom. The van der Waals surface area contributed by atoms with Gasteiger partial charge in [-0.05, 0) is 11.1 Å². The van der Waals surface area contributed by atoms with E-state index in [1.54, 1.807) is 26.0 Å². The largest absolute Gasteiger partial charge is 0.392 e. The molecule has 4 rings (SSSR count). The van der Waals surface area contributed by atoms with E-state index in [4.69, 9.17) is 0 Å². The Bertz CT molecular complexity index is 753. The first kappa shape index (κ1) is 18.3. The van der Waals surface area contributed by atoms with Gasteiger partial charge in [-0.2, -0.15) is 0 Å². The highest BCUT2D eigenvalue weighted by Gasteiger charge is 2.83. The molecule has 0 aliphatic heterocycles. The molecule has 26 heavy (non-hydrogen) atoms. The summed E-state index contributed by atoms with van der Waals surface area (Å²) < 4.78 is 0. The van der Waals surface area contributed by atoms with E-state index in [-0.39, 0.29) is 18.6 Å². The molecule has 6 nitrogen and oxygen atoms in total. The molecule has 4 aliphatic carbocycles. The van der Waals surface area contributed by atoms with Gasteiger partial charge in [0, 0.05) is 35.5 Å². The Hall–Kier alpha value is -1.05. The number of aliphatic hydroxyl groups excluding tert-OH is 2. The van der Waals surface area contributed by atoms with Gasteiger partial charge in [0.25, 0.3) is 0 Å². The first-order chi connectivity index (χ1) is 11.9. The van der Waals surface area contributed by atoms with Gasteiger partial charge >= 0.3 is 0 Å². The van der Waals surface area contributed by atoms with Crippen LogP contribution in [-0.2, 0) is 4.79 Å². The van der Waals surface area contributed by atoms with Crippen molar-refractivity contribution in [3.8, 4) is 0 Å². The average Bonchev–Trinajstić information content (AvgIpc) is 2.97. The van der Waals surface area contributed by atoms with Crippen LogP contribution < -0.4 is 0 Å². The normalized spacial score (nSPS) is 54.5. The molecule has 144 valence electrons. The number of allylic oxidation sites excluding steroid dienone is 1. The average molecular weight is 364 g/mol. The quantitative estimate of drug-likeness (QED) is 0.416. The number of hydrogen-bond donors (Lipinski definition) is 5. The Morgan fingerprint density at radius 1 is 1.15 bits per heavy atom. The fraction of sp³-hybridized carbons (Fsp3) is 0.750. The number of Topliss-reactive ketones (excluding diaryl/α,β-unsaturated/α-hetero) is 1. The molecule has 0 radical (unpaired) electrons. The minimum absolute atomic E-state index is 0.0777. The molecule has 0 aromatic heterocycles. The van der Waals surface area contributed by atoms with E-state index in [0.29, 0.717) is 5.57 Å². The molecule has 0 heterocycles. The second-order valence-electron chi connectivity index (χ2n) is 9.36. The van der Waals surface area contributed by atoms with Crippen molar-refractivity contribution >= 4 is 5.78 Å². The number of carbonyl (C=O) groups is 1. The van der Waals surface area contributed by atoms with Crippen molar-refractivity contribution < 1.29 is 30.3 Å². The van der Waals surface area contributed by atoms with E-state index < -0.39 is 57.8 Å². The van der Waals surface area contributed by atoms with Crippen molar-refractivity contribution in [3.63, 3.8) is 0 Å². The molecular weight excluding hydrogens is 336 g/mol. The third-order valence-corrected chi connectivity index (χ3v) is 7.90. The molecule has 0 amide bonds. The molecule has 0 aromatic carbocycles. The minimum atomic E-state index is -1.89. The summed E-state index contributed by atoms with van der Waals surface area (Å²) >= 11 is 0. The van der Waals surface area contributed by atoms with Crippen molar-refractivity contribution in [1.29, 1.82) is 0 Å². The first-order valence-corrected chi connectivity index (χ1v) is 9.31. The van der Waals surface area contributed by atoms with E-state index in [1.165, 1.54) is 0 Å². The van der Waals surface area contributed by atoms with Gasteiger partial charge in [-0.3, -0.25) is 4.79 Å². The monoisotopic (exact) mass is 364 g/mol. The maximum absolute atomic E-state index is 12.7. The van der Waals surface area contributed by atoms with Crippen molar-refractivity contribution in [2.24, 2.45) is 29.1 Å². The molecule has 2 saturated carbocycles. The zero-order chi connectivity index (χ0) is 19.4. The van der Waals surface area contributed by atoms with Gasteiger partial charge in [0.15, 0.2) is 11.4 Å². The van der Waals surface area contributed by atoms with Crippen molar-refractivity contribution in [3.05, 3.63) is 23.3 Å². The van der Waals surface area contributed by atoms with Crippen LogP contribution in [0.5, 0.6) is 0 Å². The number of rotatable bonds is 1. The van der Waals surface area contributed by atoms with Crippen LogP contribution in [0.1, 0.15) is 34.1 Å².